The molecule has 0 unspecified atom stereocenters. The van der Waals surface area contributed by atoms with Gasteiger partial charge in [0, 0.05) is 13.6 Å². The van der Waals surface area contributed by atoms with E-state index < -0.39 is 5.91 Å². The number of anilines is 1. The van der Waals surface area contributed by atoms with Gasteiger partial charge in [-0.2, -0.15) is 5.26 Å². The minimum atomic E-state index is -0.433. The SMILES string of the molecule is CN(Cc1ccccc1)C(=O)CC(=O)Nc1ccccc1C#N. The van der Waals surface area contributed by atoms with Crippen molar-refractivity contribution in [3.63, 3.8) is 0 Å². The van der Waals surface area contributed by atoms with Gasteiger partial charge in [-0.25, -0.2) is 0 Å². The number of nitrogens with zero attached hydrogens (tertiary/aromatic N) is 2. The molecule has 0 heterocycles. The molecule has 0 saturated carbocycles. The van der Waals surface area contributed by atoms with Gasteiger partial charge in [-0.15, -0.1) is 0 Å². The van der Waals surface area contributed by atoms with Crippen molar-refractivity contribution >= 4 is 17.5 Å². The van der Waals surface area contributed by atoms with E-state index in [-0.39, 0.29) is 12.3 Å². The molecule has 2 aromatic carbocycles. The van der Waals surface area contributed by atoms with Crippen LogP contribution in [0.1, 0.15) is 17.5 Å². The summed E-state index contributed by atoms with van der Waals surface area (Å²) in [6.07, 6.45) is -0.261. The van der Waals surface area contributed by atoms with Crippen LogP contribution < -0.4 is 5.32 Å². The van der Waals surface area contributed by atoms with Crippen molar-refractivity contribution in [1.29, 1.82) is 5.26 Å². The molecule has 0 aliphatic heterocycles. The molecule has 0 bridgehead atoms. The molecule has 2 rings (SSSR count). The third kappa shape index (κ3) is 4.68. The Hall–Kier alpha value is -3.13. The van der Waals surface area contributed by atoms with E-state index in [4.69, 9.17) is 5.26 Å². The second-order valence-electron chi connectivity index (χ2n) is 5.12. The Kier molecular flexibility index (Phi) is 5.48. The second-order valence-corrected chi connectivity index (χ2v) is 5.12. The summed E-state index contributed by atoms with van der Waals surface area (Å²) in [4.78, 5) is 25.6. The van der Waals surface area contributed by atoms with Crippen LogP contribution in [0.3, 0.4) is 0 Å². The van der Waals surface area contributed by atoms with E-state index in [1.54, 1.807) is 31.3 Å². The lowest BCUT2D eigenvalue weighted by Crippen LogP contribution is -2.30. The van der Waals surface area contributed by atoms with Crippen molar-refractivity contribution < 1.29 is 9.59 Å². The first kappa shape index (κ1) is 16.2. The highest BCUT2D eigenvalue weighted by Crippen LogP contribution is 2.14. The fraction of sp³-hybridized carbons (Fsp3) is 0.167. The van der Waals surface area contributed by atoms with Gasteiger partial charge in [0.05, 0.1) is 11.3 Å². The molecule has 0 atom stereocenters. The van der Waals surface area contributed by atoms with Crippen molar-refractivity contribution in [1.82, 2.24) is 4.90 Å². The Morgan fingerprint density at radius 2 is 1.74 bits per heavy atom. The van der Waals surface area contributed by atoms with Crippen molar-refractivity contribution in [2.45, 2.75) is 13.0 Å². The van der Waals surface area contributed by atoms with Gasteiger partial charge in [-0.1, -0.05) is 42.5 Å². The van der Waals surface area contributed by atoms with Crippen molar-refractivity contribution in [3.8, 4) is 6.07 Å². The van der Waals surface area contributed by atoms with Crippen LogP contribution in [0.15, 0.2) is 54.6 Å². The Balaban J connectivity index is 1.92. The molecular formula is C18H17N3O2. The van der Waals surface area contributed by atoms with Crippen molar-refractivity contribution in [2.24, 2.45) is 0 Å². The van der Waals surface area contributed by atoms with E-state index in [1.807, 2.05) is 36.4 Å². The van der Waals surface area contributed by atoms with Crippen molar-refractivity contribution in [3.05, 3.63) is 65.7 Å². The molecule has 23 heavy (non-hydrogen) atoms. The molecule has 2 amide bonds. The predicted octanol–water partition coefficient (Wildman–Crippen LogP) is 2.55. The Labute approximate surface area is 135 Å². The van der Waals surface area contributed by atoms with Gasteiger partial charge in [0.2, 0.25) is 11.8 Å². The zero-order chi connectivity index (χ0) is 16.7. The molecular weight excluding hydrogens is 290 g/mol. The normalized spacial score (nSPS) is 9.74. The lowest BCUT2D eigenvalue weighted by molar-refractivity contribution is -0.133. The van der Waals surface area contributed by atoms with Crippen LogP contribution in [0, 0.1) is 11.3 Å². The number of rotatable bonds is 5. The summed E-state index contributed by atoms with van der Waals surface area (Å²) in [7, 11) is 1.66. The number of hydrogen-bond donors (Lipinski definition) is 1. The number of carbonyl (C=O) groups is 2. The van der Waals surface area contributed by atoms with E-state index in [2.05, 4.69) is 5.32 Å². The standard InChI is InChI=1S/C18H17N3O2/c1-21(13-14-7-3-2-4-8-14)18(23)11-17(22)20-16-10-6-5-9-15(16)12-19/h2-10H,11,13H2,1H3,(H,20,22). The summed E-state index contributed by atoms with van der Waals surface area (Å²) >= 11 is 0. The Morgan fingerprint density at radius 3 is 2.43 bits per heavy atom. The van der Waals surface area contributed by atoms with Crippen LogP contribution in [0.4, 0.5) is 5.69 Å². The predicted molar refractivity (Wildman–Crippen MR) is 87.3 cm³/mol. The molecule has 0 aromatic heterocycles. The summed E-state index contributed by atoms with van der Waals surface area (Å²) in [5, 5.41) is 11.6. The number of amides is 2. The molecule has 0 spiro atoms. The first-order valence-corrected chi connectivity index (χ1v) is 7.17. The highest BCUT2D eigenvalue weighted by Gasteiger charge is 2.15. The quantitative estimate of drug-likeness (QED) is 0.863. The first-order valence-electron chi connectivity index (χ1n) is 7.17. The minimum Gasteiger partial charge on any atom is -0.341 e. The summed E-state index contributed by atoms with van der Waals surface area (Å²) in [6.45, 7) is 0.446. The van der Waals surface area contributed by atoms with E-state index in [9.17, 15) is 9.59 Å². The smallest absolute Gasteiger partial charge is 0.233 e. The summed E-state index contributed by atoms with van der Waals surface area (Å²) < 4.78 is 0. The molecule has 116 valence electrons. The van der Waals surface area contributed by atoms with Crippen LogP contribution in [-0.4, -0.2) is 23.8 Å². The largest absolute Gasteiger partial charge is 0.341 e. The zero-order valence-corrected chi connectivity index (χ0v) is 12.8. The van der Waals surface area contributed by atoms with Gasteiger partial charge in [0.25, 0.3) is 0 Å². The van der Waals surface area contributed by atoms with Gasteiger partial charge < -0.3 is 10.2 Å². The van der Waals surface area contributed by atoms with Crippen LogP contribution in [0.5, 0.6) is 0 Å². The number of nitriles is 1. The van der Waals surface area contributed by atoms with Crippen LogP contribution in [0.2, 0.25) is 0 Å². The molecule has 0 aliphatic rings. The Bertz CT molecular complexity index is 735. The van der Waals surface area contributed by atoms with Gasteiger partial charge in [-0.3, -0.25) is 9.59 Å². The van der Waals surface area contributed by atoms with Crippen LogP contribution in [-0.2, 0) is 16.1 Å². The zero-order valence-electron chi connectivity index (χ0n) is 12.8. The fourth-order valence-corrected chi connectivity index (χ4v) is 2.10. The van der Waals surface area contributed by atoms with Crippen molar-refractivity contribution in [2.75, 3.05) is 12.4 Å². The lowest BCUT2D eigenvalue weighted by Gasteiger charge is -2.17. The molecule has 1 N–H and O–H groups in total. The third-order valence-corrected chi connectivity index (χ3v) is 3.32. The highest BCUT2D eigenvalue weighted by atomic mass is 16.2. The number of carbonyl (C=O) groups excluding carboxylic acids is 2. The molecule has 0 fully saturated rings. The van der Waals surface area contributed by atoms with Crippen LogP contribution >= 0.6 is 0 Å². The fourth-order valence-electron chi connectivity index (χ4n) is 2.10. The first-order chi connectivity index (χ1) is 11.1. The van der Waals surface area contributed by atoms with E-state index >= 15 is 0 Å². The summed E-state index contributed by atoms with van der Waals surface area (Å²) in [5.74, 6) is -0.710. The Morgan fingerprint density at radius 1 is 1.09 bits per heavy atom. The highest BCUT2D eigenvalue weighted by molar-refractivity contribution is 6.04. The topological polar surface area (TPSA) is 73.2 Å². The number of nitrogens with one attached hydrogen (secondary N) is 1. The number of benzene rings is 2. The summed E-state index contributed by atoms with van der Waals surface area (Å²) in [5.41, 5.74) is 1.78. The second kappa shape index (κ2) is 7.76. The van der Waals surface area contributed by atoms with Crippen LogP contribution in [0.25, 0.3) is 0 Å². The molecule has 0 aliphatic carbocycles. The molecule has 0 saturated heterocycles. The number of hydrogen-bond acceptors (Lipinski definition) is 3. The molecule has 5 heteroatoms. The maximum absolute atomic E-state index is 12.1. The number of para-hydroxylation sites is 1. The van der Waals surface area contributed by atoms with E-state index in [1.165, 1.54) is 4.90 Å². The minimum absolute atomic E-state index is 0.261. The van der Waals surface area contributed by atoms with Gasteiger partial charge in [0.1, 0.15) is 12.5 Å². The monoisotopic (exact) mass is 307 g/mol. The third-order valence-electron chi connectivity index (χ3n) is 3.32. The average molecular weight is 307 g/mol. The maximum atomic E-state index is 12.1. The average Bonchev–Trinajstić information content (AvgIpc) is 2.56. The van der Waals surface area contributed by atoms with Gasteiger partial charge >= 0.3 is 0 Å². The maximum Gasteiger partial charge on any atom is 0.233 e. The van der Waals surface area contributed by atoms with E-state index in [0.717, 1.165) is 5.56 Å². The molecule has 2 aromatic rings. The van der Waals surface area contributed by atoms with Gasteiger partial charge in [-0.05, 0) is 17.7 Å². The van der Waals surface area contributed by atoms with E-state index in [0.29, 0.717) is 17.8 Å². The molecule has 5 nitrogen and oxygen atoms in total. The summed E-state index contributed by atoms with van der Waals surface area (Å²) in [6, 6.07) is 18.2. The lowest BCUT2D eigenvalue weighted by atomic mass is 10.2. The molecule has 0 radical (unpaired) electrons. The van der Waals surface area contributed by atoms with Gasteiger partial charge in [0.15, 0.2) is 0 Å².